The van der Waals surface area contributed by atoms with Gasteiger partial charge in [-0.2, -0.15) is 0 Å². The van der Waals surface area contributed by atoms with E-state index in [1.54, 1.807) is 0 Å². The Morgan fingerprint density at radius 2 is 2.19 bits per heavy atom. The SMILES string of the molecule is C[C@H]1CC(=O)Nc2ccc([N+](=O)[O-])cc2N1. The molecule has 16 heavy (non-hydrogen) atoms. The van der Waals surface area contributed by atoms with E-state index in [1.165, 1.54) is 18.2 Å². The van der Waals surface area contributed by atoms with Crippen LogP contribution in [0.4, 0.5) is 17.1 Å². The van der Waals surface area contributed by atoms with E-state index in [-0.39, 0.29) is 17.6 Å². The molecule has 0 aromatic heterocycles. The molecule has 0 saturated heterocycles. The van der Waals surface area contributed by atoms with E-state index in [4.69, 9.17) is 0 Å². The Morgan fingerprint density at radius 3 is 2.88 bits per heavy atom. The monoisotopic (exact) mass is 221 g/mol. The number of nitrogens with one attached hydrogen (secondary N) is 2. The van der Waals surface area contributed by atoms with E-state index in [2.05, 4.69) is 10.6 Å². The standard InChI is InChI=1S/C10H11N3O3/c1-6-4-10(14)12-8-3-2-7(13(15)16)5-9(8)11-6/h2-3,5-6,11H,4H2,1H3,(H,12,14)/t6-/m0/s1. The molecule has 84 valence electrons. The van der Waals surface area contributed by atoms with Crippen LogP contribution in [-0.4, -0.2) is 16.9 Å². The summed E-state index contributed by atoms with van der Waals surface area (Å²) in [6, 6.07) is 4.30. The molecule has 1 atom stereocenters. The smallest absolute Gasteiger partial charge is 0.271 e. The normalized spacial score (nSPS) is 19.1. The Kier molecular flexibility index (Phi) is 2.47. The molecule has 6 heteroatoms. The van der Waals surface area contributed by atoms with Gasteiger partial charge in [0.25, 0.3) is 5.69 Å². The molecule has 1 aromatic carbocycles. The Bertz CT molecular complexity index is 459. The van der Waals surface area contributed by atoms with E-state index < -0.39 is 4.92 Å². The van der Waals surface area contributed by atoms with Crippen molar-refractivity contribution in [2.75, 3.05) is 10.6 Å². The molecule has 0 bridgehead atoms. The molecular weight excluding hydrogens is 210 g/mol. The molecule has 0 aliphatic carbocycles. The number of fused-ring (bicyclic) bond motifs is 1. The van der Waals surface area contributed by atoms with Gasteiger partial charge >= 0.3 is 0 Å². The lowest BCUT2D eigenvalue weighted by molar-refractivity contribution is -0.384. The maximum atomic E-state index is 11.4. The molecule has 0 spiro atoms. The fourth-order valence-corrected chi connectivity index (χ4v) is 1.67. The number of nitrogens with zero attached hydrogens (tertiary/aromatic N) is 1. The maximum Gasteiger partial charge on any atom is 0.271 e. The lowest BCUT2D eigenvalue weighted by Gasteiger charge is -2.10. The van der Waals surface area contributed by atoms with Crippen LogP contribution in [0.15, 0.2) is 18.2 Å². The van der Waals surface area contributed by atoms with Gasteiger partial charge < -0.3 is 10.6 Å². The number of non-ortho nitro benzene ring substituents is 1. The Morgan fingerprint density at radius 1 is 1.44 bits per heavy atom. The van der Waals surface area contributed by atoms with Crippen LogP contribution in [0.3, 0.4) is 0 Å². The number of carbonyl (C=O) groups excluding carboxylic acids is 1. The van der Waals surface area contributed by atoms with Gasteiger partial charge in [0.2, 0.25) is 5.91 Å². The van der Waals surface area contributed by atoms with Crippen molar-refractivity contribution >= 4 is 23.0 Å². The Hall–Kier alpha value is -2.11. The predicted octanol–water partition coefficient (Wildman–Crippen LogP) is 1.74. The average molecular weight is 221 g/mol. The van der Waals surface area contributed by atoms with Gasteiger partial charge in [-0.1, -0.05) is 0 Å². The van der Waals surface area contributed by atoms with Gasteiger partial charge in [0, 0.05) is 24.6 Å². The van der Waals surface area contributed by atoms with Crippen LogP contribution >= 0.6 is 0 Å². The molecule has 6 nitrogen and oxygen atoms in total. The van der Waals surface area contributed by atoms with Crippen LogP contribution in [0.2, 0.25) is 0 Å². The number of nitro benzene ring substituents is 1. The molecule has 1 heterocycles. The topological polar surface area (TPSA) is 84.3 Å². The Labute approximate surface area is 91.8 Å². The molecule has 0 fully saturated rings. The fraction of sp³-hybridized carbons (Fsp3) is 0.300. The predicted molar refractivity (Wildman–Crippen MR) is 59.4 cm³/mol. The highest BCUT2D eigenvalue weighted by Crippen LogP contribution is 2.29. The van der Waals surface area contributed by atoms with E-state index in [0.29, 0.717) is 17.8 Å². The third-order valence-corrected chi connectivity index (χ3v) is 2.38. The third-order valence-electron chi connectivity index (χ3n) is 2.38. The minimum atomic E-state index is -0.459. The molecule has 1 aliphatic heterocycles. The van der Waals surface area contributed by atoms with Crippen molar-refractivity contribution in [3.63, 3.8) is 0 Å². The number of nitro groups is 1. The van der Waals surface area contributed by atoms with Gasteiger partial charge in [0.05, 0.1) is 16.3 Å². The first-order valence-electron chi connectivity index (χ1n) is 4.91. The number of hydrogen-bond acceptors (Lipinski definition) is 4. The van der Waals surface area contributed by atoms with Crippen molar-refractivity contribution in [2.45, 2.75) is 19.4 Å². The van der Waals surface area contributed by atoms with Gasteiger partial charge in [-0.15, -0.1) is 0 Å². The van der Waals surface area contributed by atoms with Crippen molar-refractivity contribution in [3.05, 3.63) is 28.3 Å². The molecule has 0 unspecified atom stereocenters. The van der Waals surface area contributed by atoms with Crippen molar-refractivity contribution in [1.29, 1.82) is 0 Å². The van der Waals surface area contributed by atoms with Crippen molar-refractivity contribution in [2.24, 2.45) is 0 Å². The largest absolute Gasteiger partial charge is 0.380 e. The third kappa shape index (κ3) is 1.95. The number of carbonyl (C=O) groups is 1. The quantitative estimate of drug-likeness (QED) is 0.558. The fourth-order valence-electron chi connectivity index (χ4n) is 1.67. The van der Waals surface area contributed by atoms with Crippen molar-refractivity contribution in [3.8, 4) is 0 Å². The molecule has 2 N–H and O–H groups in total. The zero-order chi connectivity index (χ0) is 11.7. The van der Waals surface area contributed by atoms with Crippen LogP contribution < -0.4 is 10.6 Å². The minimum absolute atomic E-state index is 0.00889. The van der Waals surface area contributed by atoms with Gasteiger partial charge in [0.1, 0.15) is 0 Å². The summed E-state index contributed by atoms with van der Waals surface area (Å²) in [5.74, 6) is -0.0902. The number of hydrogen-bond donors (Lipinski definition) is 2. The number of rotatable bonds is 1. The highest BCUT2D eigenvalue weighted by molar-refractivity contribution is 5.96. The van der Waals surface area contributed by atoms with Crippen molar-refractivity contribution < 1.29 is 9.72 Å². The summed E-state index contributed by atoms with van der Waals surface area (Å²) in [7, 11) is 0. The molecule has 0 saturated carbocycles. The summed E-state index contributed by atoms with van der Waals surface area (Å²) in [6.07, 6.45) is 0.350. The Balaban J connectivity index is 2.42. The van der Waals surface area contributed by atoms with Gasteiger partial charge in [-0.25, -0.2) is 0 Å². The second-order valence-corrected chi connectivity index (χ2v) is 3.78. The highest BCUT2D eigenvalue weighted by atomic mass is 16.6. The summed E-state index contributed by atoms with van der Waals surface area (Å²) in [4.78, 5) is 21.5. The molecular formula is C10H11N3O3. The van der Waals surface area contributed by atoms with Crippen molar-refractivity contribution in [1.82, 2.24) is 0 Å². The minimum Gasteiger partial charge on any atom is -0.380 e. The molecule has 1 amide bonds. The summed E-state index contributed by atoms with van der Waals surface area (Å²) >= 11 is 0. The zero-order valence-corrected chi connectivity index (χ0v) is 8.69. The zero-order valence-electron chi connectivity index (χ0n) is 8.69. The van der Waals surface area contributed by atoms with Crippen LogP contribution in [0, 0.1) is 10.1 Å². The van der Waals surface area contributed by atoms with Crippen LogP contribution in [-0.2, 0) is 4.79 Å². The van der Waals surface area contributed by atoms with Gasteiger partial charge in [-0.3, -0.25) is 14.9 Å². The van der Waals surface area contributed by atoms with E-state index in [9.17, 15) is 14.9 Å². The molecule has 1 aliphatic rings. The van der Waals surface area contributed by atoms with E-state index in [1.807, 2.05) is 6.92 Å². The van der Waals surface area contributed by atoms with Gasteiger partial charge in [0.15, 0.2) is 0 Å². The number of amides is 1. The second-order valence-electron chi connectivity index (χ2n) is 3.78. The summed E-state index contributed by atoms with van der Waals surface area (Å²) in [6.45, 7) is 1.85. The number of anilines is 2. The van der Waals surface area contributed by atoms with E-state index in [0.717, 1.165) is 0 Å². The van der Waals surface area contributed by atoms with Crippen LogP contribution in [0.1, 0.15) is 13.3 Å². The second kappa shape index (κ2) is 3.80. The first-order chi connectivity index (χ1) is 7.56. The summed E-state index contributed by atoms with van der Waals surface area (Å²) in [5, 5.41) is 16.4. The maximum absolute atomic E-state index is 11.4. The molecule has 1 aromatic rings. The molecule has 0 radical (unpaired) electrons. The first-order valence-corrected chi connectivity index (χ1v) is 4.91. The highest BCUT2D eigenvalue weighted by Gasteiger charge is 2.19. The van der Waals surface area contributed by atoms with Crippen LogP contribution in [0.5, 0.6) is 0 Å². The van der Waals surface area contributed by atoms with Gasteiger partial charge in [-0.05, 0) is 13.0 Å². The lowest BCUT2D eigenvalue weighted by atomic mass is 10.2. The lowest BCUT2D eigenvalue weighted by Crippen LogP contribution is -2.18. The van der Waals surface area contributed by atoms with Crippen LogP contribution in [0.25, 0.3) is 0 Å². The first kappa shape index (κ1) is 10.4. The summed E-state index contributed by atoms with van der Waals surface area (Å²) in [5.41, 5.74) is 1.18. The molecule has 2 rings (SSSR count). The van der Waals surface area contributed by atoms with E-state index >= 15 is 0 Å². The average Bonchev–Trinajstić information content (AvgIpc) is 2.32. The summed E-state index contributed by atoms with van der Waals surface area (Å²) < 4.78 is 0. The number of benzene rings is 1.